The first-order chi connectivity index (χ1) is 37.2. The minimum Gasteiger partial charge on any atom is -0.456 e. The van der Waals surface area contributed by atoms with Gasteiger partial charge in [-0.05, 0) is 126 Å². The molecular weight excluding hydrogens is 929 g/mol. The summed E-state index contributed by atoms with van der Waals surface area (Å²) in [6, 6.07) is 92.6. The summed E-state index contributed by atoms with van der Waals surface area (Å²) in [7, 11) is 0. The predicted octanol–water partition coefficient (Wildman–Crippen LogP) is 19.1. The smallest absolute Gasteiger partial charge is 0.161 e. The molecule has 3 heterocycles. The number of thiophene rings is 1. The number of rotatable bonds is 6. The molecule has 14 aromatic rings. The van der Waals surface area contributed by atoms with Gasteiger partial charge in [-0.25, -0.2) is 9.97 Å². The predicted molar refractivity (Wildman–Crippen MR) is 311 cm³/mol. The highest BCUT2D eigenvalue weighted by atomic mass is 32.1. The fourth-order valence-corrected chi connectivity index (χ4v) is 13.9. The van der Waals surface area contributed by atoms with Crippen LogP contribution in [0.15, 0.2) is 259 Å². The molecule has 3 nitrogen and oxygen atoms in total. The summed E-state index contributed by atoms with van der Waals surface area (Å²) < 4.78 is 9.21. The molecule has 2 aliphatic rings. The molecular formula is C71H42N2OS. The van der Waals surface area contributed by atoms with Crippen LogP contribution in [0.2, 0.25) is 0 Å². The summed E-state index contributed by atoms with van der Waals surface area (Å²) in [5.41, 5.74) is 23.4. The Labute approximate surface area is 437 Å². The van der Waals surface area contributed by atoms with Gasteiger partial charge in [-0.1, -0.05) is 206 Å². The molecule has 16 rings (SSSR count). The second-order valence-corrected chi connectivity index (χ2v) is 21.0. The lowest BCUT2D eigenvalue weighted by molar-refractivity contribution is 0.669. The van der Waals surface area contributed by atoms with E-state index in [1.165, 1.54) is 75.8 Å². The van der Waals surface area contributed by atoms with E-state index >= 15 is 0 Å². The Morgan fingerprint density at radius 3 is 1.52 bits per heavy atom. The third-order valence-corrected chi connectivity index (χ3v) is 17.1. The SMILES string of the molecule is c1ccc(-c2ccccc2-c2nc(-c3cccc4oc5ccc(-c6cccc(-c7ccc8c(c7)C7(c9ccccc9-c9ccccc97)c7ccccc7-8)c6)cc5c34)cc(-c3cccc4sc5ccccc5c34)n2)cc1. The van der Waals surface area contributed by atoms with Crippen LogP contribution in [-0.4, -0.2) is 9.97 Å². The number of hydrogen-bond donors (Lipinski definition) is 0. The van der Waals surface area contributed by atoms with Gasteiger partial charge in [0.2, 0.25) is 0 Å². The molecule has 0 saturated carbocycles. The summed E-state index contributed by atoms with van der Waals surface area (Å²) >= 11 is 1.82. The molecule has 1 spiro atoms. The van der Waals surface area contributed by atoms with Gasteiger partial charge in [0.15, 0.2) is 5.82 Å². The van der Waals surface area contributed by atoms with E-state index < -0.39 is 5.41 Å². The highest BCUT2D eigenvalue weighted by Gasteiger charge is 2.51. The zero-order chi connectivity index (χ0) is 49.2. The second kappa shape index (κ2) is 16.3. The van der Waals surface area contributed by atoms with Gasteiger partial charge in [0.25, 0.3) is 0 Å². The van der Waals surface area contributed by atoms with Gasteiger partial charge in [-0.2, -0.15) is 0 Å². The largest absolute Gasteiger partial charge is 0.456 e. The van der Waals surface area contributed by atoms with Crippen molar-refractivity contribution >= 4 is 53.4 Å². The monoisotopic (exact) mass is 970 g/mol. The molecule has 348 valence electrons. The third-order valence-electron chi connectivity index (χ3n) is 16.0. The highest BCUT2D eigenvalue weighted by Crippen LogP contribution is 2.63. The zero-order valence-electron chi connectivity index (χ0n) is 40.5. The van der Waals surface area contributed by atoms with Crippen molar-refractivity contribution in [2.45, 2.75) is 5.41 Å². The third kappa shape index (κ3) is 6.21. The molecule has 0 atom stereocenters. The van der Waals surface area contributed by atoms with Crippen LogP contribution < -0.4 is 0 Å². The lowest BCUT2D eigenvalue weighted by Gasteiger charge is -2.30. The minimum atomic E-state index is -0.403. The first-order valence-corrected chi connectivity index (χ1v) is 26.4. The van der Waals surface area contributed by atoms with E-state index in [0.717, 1.165) is 72.3 Å². The number of fused-ring (bicyclic) bond motifs is 16. The molecule has 0 bridgehead atoms. The Morgan fingerprint density at radius 1 is 0.293 bits per heavy atom. The summed E-state index contributed by atoms with van der Waals surface area (Å²) in [6.07, 6.45) is 0. The Morgan fingerprint density at radius 2 is 0.800 bits per heavy atom. The van der Waals surface area contributed by atoms with Crippen LogP contribution in [0.3, 0.4) is 0 Å². The van der Waals surface area contributed by atoms with Crippen molar-refractivity contribution in [1.82, 2.24) is 9.97 Å². The van der Waals surface area contributed by atoms with Gasteiger partial charge in [0, 0.05) is 47.6 Å². The van der Waals surface area contributed by atoms with Gasteiger partial charge in [0.05, 0.1) is 16.8 Å². The van der Waals surface area contributed by atoms with Crippen molar-refractivity contribution in [1.29, 1.82) is 0 Å². The lowest BCUT2D eigenvalue weighted by Crippen LogP contribution is -2.25. The Kier molecular flexibility index (Phi) is 9.12. The molecule has 0 fully saturated rings. The fourth-order valence-electron chi connectivity index (χ4n) is 12.8. The molecule has 75 heavy (non-hydrogen) atoms. The maximum Gasteiger partial charge on any atom is 0.161 e. The number of furan rings is 1. The van der Waals surface area contributed by atoms with Crippen LogP contribution >= 0.6 is 11.3 Å². The first-order valence-electron chi connectivity index (χ1n) is 25.6. The van der Waals surface area contributed by atoms with E-state index in [1.807, 2.05) is 11.3 Å². The van der Waals surface area contributed by atoms with Gasteiger partial charge >= 0.3 is 0 Å². The number of nitrogens with zero attached hydrogens (tertiary/aromatic N) is 2. The summed E-state index contributed by atoms with van der Waals surface area (Å²) in [5.74, 6) is 0.670. The van der Waals surface area contributed by atoms with E-state index in [-0.39, 0.29) is 0 Å². The van der Waals surface area contributed by atoms with Crippen LogP contribution in [0.4, 0.5) is 0 Å². The zero-order valence-corrected chi connectivity index (χ0v) is 41.3. The summed E-state index contributed by atoms with van der Waals surface area (Å²) in [6.45, 7) is 0. The van der Waals surface area contributed by atoms with E-state index in [1.54, 1.807) is 0 Å². The molecule has 3 aromatic heterocycles. The van der Waals surface area contributed by atoms with Crippen LogP contribution in [-0.2, 0) is 5.41 Å². The Bertz CT molecular complexity index is 4610. The van der Waals surface area contributed by atoms with Crippen LogP contribution in [0.1, 0.15) is 22.3 Å². The van der Waals surface area contributed by atoms with Crippen molar-refractivity contribution < 1.29 is 4.42 Å². The standard InChI is InChI=1S/C71H42N2OS/c1-2-17-43(18-3-1)48-21-4-5-25-53(48)70-72-62(42-63(73-70)55-28-16-34-67-69(55)56-26-9-13-33-66(56)75-67)54-27-15-32-65-68(54)57-40-46(36-38-64(57)74-65)44-19-14-20-45(39-44)47-35-37-52-51-24-8-12-31-60(51)71(61(52)41-47)58-29-10-6-22-49(58)50-23-7-11-30-59(50)71/h1-42H. The topological polar surface area (TPSA) is 38.9 Å². The number of hydrogen-bond acceptors (Lipinski definition) is 4. The van der Waals surface area contributed by atoms with Gasteiger partial charge in [0.1, 0.15) is 11.2 Å². The van der Waals surface area contributed by atoms with Gasteiger partial charge in [-0.3, -0.25) is 0 Å². The minimum absolute atomic E-state index is 0.403. The van der Waals surface area contributed by atoms with Crippen molar-refractivity contribution in [2.24, 2.45) is 0 Å². The van der Waals surface area contributed by atoms with Crippen molar-refractivity contribution in [3.8, 4) is 89.5 Å². The first kappa shape index (κ1) is 42.1. The molecule has 4 heteroatoms. The average Bonchev–Trinajstić information content (AvgIpc) is 4.41. The Hall–Kier alpha value is -9.48. The van der Waals surface area contributed by atoms with Gasteiger partial charge < -0.3 is 4.42 Å². The summed E-state index contributed by atoms with van der Waals surface area (Å²) in [4.78, 5) is 11.0. The number of aromatic nitrogens is 2. The van der Waals surface area contributed by atoms with E-state index in [2.05, 4.69) is 255 Å². The maximum atomic E-state index is 6.72. The van der Waals surface area contributed by atoms with Gasteiger partial charge in [-0.15, -0.1) is 11.3 Å². The van der Waals surface area contributed by atoms with Crippen molar-refractivity contribution in [2.75, 3.05) is 0 Å². The molecule has 0 unspecified atom stereocenters. The lowest BCUT2D eigenvalue weighted by atomic mass is 9.70. The average molecular weight is 971 g/mol. The quantitative estimate of drug-likeness (QED) is 0.167. The Balaban J connectivity index is 0.854. The van der Waals surface area contributed by atoms with E-state index in [0.29, 0.717) is 5.82 Å². The van der Waals surface area contributed by atoms with Crippen LogP contribution in [0.5, 0.6) is 0 Å². The summed E-state index contributed by atoms with van der Waals surface area (Å²) in [5, 5.41) is 4.51. The number of benzene rings is 11. The molecule has 0 saturated heterocycles. The molecule has 0 amide bonds. The maximum absolute atomic E-state index is 6.72. The van der Waals surface area contributed by atoms with E-state index in [9.17, 15) is 0 Å². The molecule has 11 aromatic carbocycles. The normalized spacial score (nSPS) is 12.9. The van der Waals surface area contributed by atoms with Crippen LogP contribution in [0, 0.1) is 0 Å². The molecule has 0 N–H and O–H groups in total. The molecule has 0 aliphatic heterocycles. The van der Waals surface area contributed by atoms with Crippen molar-refractivity contribution in [3.63, 3.8) is 0 Å². The second-order valence-electron chi connectivity index (χ2n) is 19.9. The van der Waals surface area contributed by atoms with E-state index in [4.69, 9.17) is 14.4 Å². The van der Waals surface area contributed by atoms with Crippen LogP contribution in [0.25, 0.3) is 132 Å². The fraction of sp³-hybridized carbons (Fsp3) is 0.0141. The molecule has 0 radical (unpaired) electrons. The highest BCUT2D eigenvalue weighted by molar-refractivity contribution is 7.25. The van der Waals surface area contributed by atoms with Crippen molar-refractivity contribution in [3.05, 3.63) is 277 Å². The molecule has 2 aliphatic carbocycles.